The van der Waals surface area contributed by atoms with Crippen molar-refractivity contribution < 1.29 is 9.47 Å². The third-order valence-corrected chi connectivity index (χ3v) is 4.07. The van der Waals surface area contributed by atoms with Crippen LogP contribution in [-0.2, 0) is 0 Å². The molecule has 2 aromatic rings. The fraction of sp³-hybridized carbons (Fsp3) is 0.368. The average molecular weight is 312 g/mol. The lowest BCUT2D eigenvalue weighted by atomic mass is 10.1. The third kappa shape index (κ3) is 3.77. The van der Waals surface area contributed by atoms with E-state index in [9.17, 15) is 0 Å². The van der Waals surface area contributed by atoms with Crippen LogP contribution in [0.4, 0.5) is 5.69 Å². The summed E-state index contributed by atoms with van der Waals surface area (Å²) in [6.07, 6.45) is 0.239. The zero-order valence-corrected chi connectivity index (χ0v) is 13.7. The Morgan fingerprint density at radius 3 is 2.22 bits per heavy atom. The maximum atomic E-state index is 5.99. The fourth-order valence-electron chi connectivity index (χ4n) is 2.69. The first-order valence-electron chi connectivity index (χ1n) is 8.15. The van der Waals surface area contributed by atoms with E-state index in [1.54, 1.807) is 0 Å². The Hall–Kier alpha value is -2.20. The molecule has 2 aromatic carbocycles. The predicted molar refractivity (Wildman–Crippen MR) is 93.3 cm³/mol. The van der Waals surface area contributed by atoms with Gasteiger partial charge in [-0.3, -0.25) is 0 Å². The molecule has 2 N–H and O–H groups in total. The molecule has 0 aromatic heterocycles. The topological polar surface area (TPSA) is 47.7 Å². The second kappa shape index (κ2) is 6.92. The van der Waals surface area contributed by atoms with E-state index in [0.717, 1.165) is 30.2 Å². The Bertz CT molecular complexity index is 617. The molecule has 122 valence electrons. The lowest BCUT2D eigenvalue weighted by Gasteiger charge is -2.40. The summed E-state index contributed by atoms with van der Waals surface area (Å²) in [5, 5.41) is 0. The van der Waals surface area contributed by atoms with Crippen molar-refractivity contribution in [1.29, 1.82) is 0 Å². The molecule has 4 heteroatoms. The van der Waals surface area contributed by atoms with Crippen molar-refractivity contribution in [1.82, 2.24) is 0 Å². The van der Waals surface area contributed by atoms with Crippen LogP contribution >= 0.6 is 0 Å². The largest absolute Gasteiger partial charge is 0.494 e. The molecular formula is C19H24N2O2. The van der Waals surface area contributed by atoms with E-state index >= 15 is 0 Å². The number of rotatable bonds is 6. The molecule has 23 heavy (non-hydrogen) atoms. The van der Waals surface area contributed by atoms with Crippen molar-refractivity contribution in [3.63, 3.8) is 0 Å². The number of nitrogens with two attached hydrogens (primary N) is 1. The standard InChI is InChI=1S/C19H24N2O2/c1-3-22-17-10-6-16(7-11-17)21-12-19(13-21)23-18-8-4-15(5-9-18)14(2)20/h4-11,14,19H,3,12-13,20H2,1-2H3. The van der Waals surface area contributed by atoms with Gasteiger partial charge in [-0.15, -0.1) is 0 Å². The normalized spacial score (nSPS) is 15.9. The first kappa shape index (κ1) is 15.7. The zero-order valence-electron chi connectivity index (χ0n) is 13.7. The molecule has 1 fully saturated rings. The van der Waals surface area contributed by atoms with Crippen LogP contribution in [0.3, 0.4) is 0 Å². The minimum Gasteiger partial charge on any atom is -0.494 e. The molecule has 1 unspecified atom stereocenters. The number of ether oxygens (including phenoxy) is 2. The highest BCUT2D eigenvalue weighted by atomic mass is 16.5. The molecule has 3 rings (SSSR count). The summed E-state index contributed by atoms with van der Waals surface area (Å²) in [6.45, 7) is 6.48. The summed E-state index contributed by atoms with van der Waals surface area (Å²) in [6, 6.07) is 16.3. The molecular weight excluding hydrogens is 288 g/mol. The molecule has 0 aliphatic carbocycles. The second-order valence-electron chi connectivity index (χ2n) is 5.93. The second-order valence-corrected chi connectivity index (χ2v) is 5.93. The average Bonchev–Trinajstić information content (AvgIpc) is 2.52. The van der Waals surface area contributed by atoms with Crippen LogP contribution in [0, 0.1) is 0 Å². The smallest absolute Gasteiger partial charge is 0.133 e. The molecule has 0 spiro atoms. The molecule has 1 aliphatic heterocycles. The van der Waals surface area contributed by atoms with Crippen molar-refractivity contribution in [3.05, 3.63) is 54.1 Å². The lowest BCUT2D eigenvalue weighted by molar-refractivity contribution is 0.167. The van der Waals surface area contributed by atoms with Crippen LogP contribution < -0.4 is 20.1 Å². The van der Waals surface area contributed by atoms with Crippen molar-refractivity contribution in [3.8, 4) is 11.5 Å². The molecule has 1 heterocycles. The summed E-state index contributed by atoms with van der Waals surface area (Å²) >= 11 is 0. The summed E-state index contributed by atoms with van der Waals surface area (Å²) in [4.78, 5) is 2.30. The minimum atomic E-state index is 0.0582. The number of hydrogen-bond donors (Lipinski definition) is 1. The van der Waals surface area contributed by atoms with Gasteiger partial charge in [-0.25, -0.2) is 0 Å². The van der Waals surface area contributed by atoms with E-state index in [4.69, 9.17) is 15.2 Å². The number of anilines is 1. The molecule has 0 radical (unpaired) electrons. The van der Waals surface area contributed by atoms with Gasteiger partial charge in [-0.2, -0.15) is 0 Å². The van der Waals surface area contributed by atoms with Crippen molar-refractivity contribution >= 4 is 5.69 Å². The van der Waals surface area contributed by atoms with Gasteiger partial charge in [0.05, 0.1) is 19.7 Å². The fourth-order valence-corrected chi connectivity index (χ4v) is 2.69. The Morgan fingerprint density at radius 2 is 1.65 bits per heavy atom. The molecule has 0 amide bonds. The maximum Gasteiger partial charge on any atom is 0.133 e. The van der Waals surface area contributed by atoms with Crippen molar-refractivity contribution in [2.45, 2.75) is 26.0 Å². The van der Waals surface area contributed by atoms with E-state index in [0.29, 0.717) is 6.61 Å². The van der Waals surface area contributed by atoms with Gasteiger partial charge >= 0.3 is 0 Å². The maximum absolute atomic E-state index is 5.99. The molecule has 0 bridgehead atoms. The number of benzene rings is 2. The van der Waals surface area contributed by atoms with E-state index in [1.165, 1.54) is 5.69 Å². The van der Waals surface area contributed by atoms with E-state index in [2.05, 4.69) is 17.0 Å². The van der Waals surface area contributed by atoms with Crippen LogP contribution in [-0.4, -0.2) is 25.8 Å². The summed E-state index contributed by atoms with van der Waals surface area (Å²) in [7, 11) is 0. The van der Waals surface area contributed by atoms with Gasteiger partial charge in [0.2, 0.25) is 0 Å². The van der Waals surface area contributed by atoms with Gasteiger partial charge in [-0.1, -0.05) is 12.1 Å². The van der Waals surface area contributed by atoms with Crippen molar-refractivity contribution in [2.75, 3.05) is 24.6 Å². The third-order valence-electron chi connectivity index (χ3n) is 4.07. The molecule has 1 atom stereocenters. The SMILES string of the molecule is CCOc1ccc(N2CC(Oc3ccc(C(C)N)cc3)C2)cc1. The number of hydrogen-bond acceptors (Lipinski definition) is 4. The Balaban J connectivity index is 1.50. The quantitative estimate of drug-likeness (QED) is 0.888. The van der Waals surface area contributed by atoms with Gasteiger partial charge in [-0.05, 0) is 55.8 Å². The highest BCUT2D eigenvalue weighted by Gasteiger charge is 2.28. The van der Waals surface area contributed by atoms with Crippen LogP contribution in [0.15, 0.2) is 48.5 Å². The van der Waals surface area contributed by atoms with Crippen molar-refractivity contribution in [2.24, 2.45) is 5.73 Å². The van der Waals surface area contributed by atoms with Gasteiger partial charge in [0, 0.05) is 11.7 Å². The van der Waals surface area contributed by atoms with E-state index in [1.807, 2.05) is 50.2 Å². The van der Waals surface area contributed by atoms with Gasteiger partial charge < -0.3 is 20.1 Å². The molecule has 1 aliphatic rings. The van der Waals surface area contributed by atoms with Gasteiger partial charge in [0.1, 0.15) is 17.6 Å². The van der Waals surface area contributed by atoms with E-state index in [-0.39, 0.29) is 12.1 Å². The molecule has 1 saturated heterocycles. The Labute approximate surface area is 137 Å². The first-order chi connectivity index (χ1) is 11.2. The summed E-state index contributed by atoms with van der Waals surface area (Å²) in [5.74, 6) is 1.82. The van der Waals surface area contributed by atoms with Gasteiger partial charge in [0.25, 0.3) is 0 Å². The summed E-state index contributed by atoms with van der Waals surface area (Å²) < 4.78 is 11.5. The Kier molecular flexibility index (Phi) is 4.72. The Morgan fingerprint density at radius 1 is 1.04 bits per heavy atom. The van der Waals surface area contributed by atoms with Crippen LogP contribution in [0.1, 0.15) is 25.5 Å². The molecule has 4 nitrogen and oxygen atoms in total. The monoisotopic (exact) mass is 312 g/mol. The zero-order chi connectivity index (χ0) is 16.2. The highest BCUT2D eigenvalue weighted by molar-refractivity contribution is 5.51. The van der Waals surface area contributed by atoms with E-state index < -0.39 is 0 Å². The first-order valence-corrected chi connectivity index (χ1v) is 8.15. The lowest BCUT2D eigenvalue weighted by Crippen LogP contribution is -2.54. The predicted octanol–water partition coefficient (Wildman–Crippen LogP) is 3.37. The van der Waals surface area contributed by atoms with Crippen LogP contribution in [0.5, 0.6) is 11.5 Å². The summed E-state index contributed by atoms with van der Waals surface area (Å²) in [5.41, 5.74) is 8.19. The van der Waals surface area contributed by atoms with Gasteiger partial charge in [0.15, 0.2) is 0 Å². The highest BCUT2D eigenvalue weighted by Crippen LogP contribution is 2.26. The molecule has 0 saturated carbocycles. The minimum absolute atomic E-state index is 0.0582. The number of nitrogens with zero attached hydrogens (tertiary/aromatic N) is 1. The van der Waals surface area contributed by atoms with Crippen LogP contribution in [0.25, 0.3) is 0 Å². The van der Waals surface area contributed by atoms with Crippen LogP contribution in [0.2, 0.25) is 0 Å².